The molecule has 1 N–H and O–H groups in total. The topological polar surface area (TPSA) is 120 Å². The highest BCUT2D eigenvalue weighted by Crippen LogP contribution is 2.30. The number of aryl methyl sites for hydroxylation is 1. The Bertz CT molecular complexity index is 1640. The molecule has 2 aromatic heterocycles. The molecule has 0 saturated carbocycles. The van der Waals surface area contributed by atoms with E-state index in [9.17, 15) is 14.4 Å². The molecule has 11 nitrogen and oxygen atoms in total. The maximum Gasteiger partial charge on any atom is 0.407 e. The third-order valence-electron chi connectivity index (χ3n) is 7.01. The first-order valence-corrected chi connectivity index (χ1v) is 14.8. The maximum atomic E-state index is 14.2. The Hall–Kier alpha value is -4.67. The Morgan fingerprint density at radius 2 is 1.73 bits per heavy atom. The lowest BCUT2D eigenvalue weighted by Crippen LogP contribution is -2.43. The van der Waals surface area contributed by atoms with Crippen molar-refractivity contribution in [1.29, 1.82) is 0 Å². The van der Waals surface area contributed by atoms with E-state index in [-0.39, 0.29) is 24.2 Å². The second kappa shape index (κ2) is 13.7. The van der Waals surface area contributed by atoms with Gasteiger partial charge in [0.1, 0.15) is 11.4 Å². The van der Waals surface area contributed by atoms with Crippen molar-refractivity contribution in [2.75, 3.05) is 20.2 Å². The maximum absolute atomic E-state index is 14.2. The standard InChI is InChI=1S/C33H42N6O5/c1-22(2)28(29-35-26-20-27(43-7)36-39(26)32(42)38(29)21-24-12-9-8-10-13-24)37(30(40)25-16-14-23(3)15-17-25)19-11-18-34-31(41)44-33(4,5)6/h8-10,12-17,20,22,28H,11,18-19,21H2,1-7H3,(H,34,41). The van der Waals surface area contributed by atoms with Crippen LogP contribution in [0.3, 0.4) is 0 Å². The van der Waals surface area contributed by atoms with Gasteiger partial charge in [-0.1, -0.05) is 61.9 Å². The van der Waals surface area contributed by atoms with Crippen molar-refractivity contribution < 1.29 is 19.1 Å². The van der Waals surface area contributed by atoms with Gasteiger partial charge in [-0.25, -0.2) is 14.6 Å². The minimum atomic E-state index is -0.622. The Morgan fingerprint density at radius 1 is 1.05 bits per heavy atom. The number of rotatable bonds is 11. The van der Waals surface area contributed by atoms with E-state index >= 15 is 0 Å². The van der Waals surface area contributed by atoms with E-state index in [1.165, 1.54) is 11.6 Å². The number of benzene rings is 2. The molecule has 2 amide bonds. The third kappa shape index (κ3) is 7.83. The number of nitrogens with zero attached hydrogens (tertiary/aromatic N) is 5. The van der Waals surface area contributed by atoms with Gasteiger partial charge < -0.3 is 19.7 Å². The van der Waals surface area contributed by atoms with Gasteiger partial charge in [-0.2, -0.15) is 4.52 Å². The highest BCUT2D eigenvalue weighted by molar-refractivity contribution is 5.94. The monoisotopic (exact) mass is 602 g/mol. The van der Waals surface area contributed by atoms with Crippen LogP contribution >= 0.6 is 0 Å². The lowest BCUT2D eigenvalue weighted by atomic mass is 9.99. The predicted molar refractivity (Wildman–Crippen MR) is 168 cm³/mol. The number of hydrogen-bond donors (Lipinski definition) is 1. The molecule has 0 fully saturated rings. The summed E-state index contributed by atoms with van der Waals surface area (Å²) >= 11 is 0. The van der Waals surface area contributed by atoms with Crippen LogP contribution in [-0.4, -0.2) is 61.9 Å². The molecule has 44 heavy (non-hydrogen) atoms. The summed E-state index contributed by atoms with van der Waals surface area (Å²) in [5, 5.41) is 7.06. The molecule has 1 atom stereocenters. The summed E-state index contributed by atoms with van der Waals surface area (Å²) in [5.41, 5.74) is 1.77. The minimum absolute atomic E-state index is 0.135. The highest BCUT2D eigenvalue weighted by Gasteiger charge is 2.33. The summed E-state index contributed by atoms with van der Waals surface area (Å²) in [6.07, 6.45) is -0.0704. The molecule has 2 aromatic carbocycles. The Balaban J connectivity index is 1.79. The van der Waals surface area contributed by atoms with Crippen LogP contribution in [0.25, 0.3) is 5.65 Å². The zero-order chi connectivity index (χ0) is 32.0. The fourth-order valence-electron chi connectivity index (χ4n) is 4.98. The molecule has 4 aromatic rings. The van der Waals surface area contributed by atoms with Gasteiger partial charge in [-0.05, 0) is 57.7 Å². The molecule has 4 rings (SSSR count). The lowest BCUT2D eigenvalue weighted by molar-refractivity contribution is 0.0519. The van der Waals surface area contributed by atoms with Gasteiger partial charge in [-0.3, -0.25) is 9.36 Å². The van der Waals surface area contributed by atoms with E-state index in [0.29, 0.717) is 36.5 Å². The molecule has 0 aliphatic heterocycles. The lowest BCUT2D eigenvalue weighted by Gasteiger charge is -2.35. The first kappa shape index (κ1) is 32.2. The van der Waals surface area contributed by atoms with Crippen LogP contribution in [0.15, 0.2) is 65.5 Å². The average Bonchev–Trinajstić information content (AvgIpc) is 3.39. The molecule has 0 aliphatic carbocycles. The molecule has 0 radical (unpaired) electrons. The fraction of sp³-hybridized carbons (Fsp3) is 0.424. The smallest absolute Gasteiger partial charge is 0.407 e. The SMILES string of the molecule is COc1cc2nc(C(C(C)C)N(CCCNC(=O)OC(C)(C)C)C(=O)c3ccc(C)cc3)n(Cc3ccccc3)c(=O)n2n1. The van der Waals surface area contributed by atoms with Crippen LogP contribution in [-0.2, 0) is 11.3 Å². The number of ether oxygens (including phenoxy) is 2. The number of alkyl carbamates (subject to hydrolysis) is 1. The molecule has 0 saturated heterocycles. The van der Waals surface area contributed by atoms with E-state index in [1.807, 2.05) is 63.2 Å². The fourth-order valence-corrected chi connectivity index (χ4v) is 4.98. The van der Waals surface area contributed by atoms with Crippen molar-refractivity contribution in [1.82, 2.24) is 29.4 Å². The van der Waals surface area contributed by atoms with Crippen molar-refractivity contribution in [3.8, 4) is 5.88 Å². The van der Waals surface area contributed by atoms with Gasteiger partial charge >= 0.3 is 11.8 Å². The van der Waals surface area contributed by atoms with Crippen LogP contribution in [0, 0.1) is 12.8 Å². The number of carbonyl (C=O) groups excluding carboxylic acids is 2. The van der Waals surface area contributed by atoms with E-state index in [2.05, 4.69) is 10.4 Å². The molecule has 0 spiro atoms. The number of methoxy groups -OCH3 is 1. The normalized spacial score (nSPS) is 12.3. The molecule has 2 heterocycles. The van der Waals surface area contributed by atoms with Crippen LogP contribution in [0.5, 0.6) is 5.88 Å². The zero-order valence-electron chi connectivity index (χ0n) is 26.5. The summed E-state index contributed by atoms with van der Waals surface area (Å²) in [6, 6.07) is 18.0. The van der Waals surface area contributed by atoms with E-state index in [1.54, 1.807) is 48.4 Å². The summed E-state index contributed by atoms with van der Waals surface area (Å²) in [6.45, 7) is 12.2. The molecule has 11 heteroatoms. The van der Waals surface area contributed by atoms with Gasteiger partial charge in [0, 0.05) is 24.7 Å². The number of amides is 2. The van der Waals surface area contributed by atoms with Crippen LogP contribution < -0.4 is 15.7 Å². The first-order chi connectivity index (χ1) is 20.9. The average molecular weight is 603 g/mol. The molecule has 0 aliphatic rings. The van der Waals surface area contributed by atoms with Crippen LogP contribution in [0.2, 0.25) is 0 Å². The van der Waals surface area contributed by atoms with Gasteiger partial charge in [0.15, 0.2) is 5.65 Å². The van der Waals surface area contributed by atoms with Crippen molar-refractivity contribution in [3.05, 3.63) is 93.7 Å². The van der Waals surface area contributed by atoms with Crippen LogP contribution in [0.4, 0.5) is 4.79 Å². The molecular formula is C33H42N6O5. The summed E-state index contributed by atoms with van der Waals surface area (Å²) in [7, 11) is 1.48. The minimum Gasteiger partial charge on any atom is -0.480 e. The Kier molecular flexibility index (Phi) is 10.1. The van der Waals surface area contributed by atoms with Crippen molar-refractivity contribution in [2.45, 2.75) is 66.2 Å². The van der Waals surface area contributed by atoms with Gasteiger partial charge in [0.2, 0.25) is 5.88 Å². The third-order valence-corrected chi connectivity index (χ3v) is 7.01. The van der Waals surface area contributed by atoms with Gasteiger partial charge in [-0.15, -0.1) is 5.10 Å². The predicted octanol–water partition coefficient (Wildman–Crippen LogP) is 5.01. The quantitative estimate of drug-likeness (QED) is 0.240. The highest BCUT2D eigenvalue weighted by atomic mass is 16.6. The number of aromatic nitrogens is 4. The van der Waals surface area contributed by atoms with Gasteiger partial charge in [0.05, 0.1) is 19.7 Å². The number of carbonyl (C=O) groups is 2. The molecule has 1 unspecified atom stereocenters. The van der Waals surface area contributed by atoms with Crippen molar-refractivity contribution in [3.63, 3.8) is 0 Å². The van der Waals surface area contributed by atoms with Crippen molar-refractivity contribution in [2.24, 2.45) is 5.92 Å². The Morgan fingerprint density at radius 3 is 2.34 bits per heavy atom. The molecule has 0 bridgehead atoms. The van der Waals surface area contributed by atoms with Crippen LogP contribution in [0.1, 0.15) is 74.4 Å². The molecule has 234 valence electrons. The number of hydrogen-bond acceptors (Lipinski definition) is 7. The molecular weight excluding hydrogens is 560 g/mol. The number of fused-ring (bicyclic) bond motifs is 1. The summed E-state index contributed by atoms with van der Waals surface area (Å²) in [4.78, 5) is 47.1. The zero-order valence-corrected chi connectivity index (χ0v) is 26.5. The summed E-state index contributed by atoms with van der Waals surface area (Å²) < 4.78 is 13.5. The van der Waals surface area contributed by atoms with E-state index in [0.717, 1.165) is 11.1 Å². The largest absolute Gasteiger partial charge is 0.480 e. The van der Waals surface area contributed by atoms with Gasteiger partial charge in [0.25, 0.3) is 5.91 Å². The second-order valence-electron chi connectivity index (χ2n) is 12.1. The number of nitrogens with one attached hydrogen (secondary N) is 1. The van der Waals surface area contributed by atoms with E-state index < -0.39 is 23.4 Å². The first-order valence-electron chi connectivity index (χ1n) is 14.8. The second-order valence-corrected chi connectivity index (χ2v) is 12.1. The van der Waals surface area contributed by atoms with Crippen molar-refractivity contribution >= 4 is 17.6 Å². The Labute approximate surface area is 257 Å². The van der Waals surface area contributed by atoms with E-state index in [4.69, 9.17) is 14.5 Å². The summed E-state index contributed by atoms with van der Waals surface area (Å²) in [5.74, 6) is 0.362.